The van der Waals surface area contributed by atoms with Crippen LogP contribution in [0.4, 0.5) is 0 Å². The van der Waals surface area contributed by atoms with E-state index < -0.39 is 5.97 Å². The number of amidine groups is 1. The van der Waals surface area contributed by atoms with E-state index in [1.807, 2.05) is 97.1 Å². The molecule has 0 aliphatic carbocycles. The van der Waals surface area contributed by atoms with Gasteiger partial charge in [-0.1, -0.05) is 84.9 Å². The predicted molar refractivity (Wildman–Crippen MR) is 154 cm³/mol. The van der Waals surface area contributed by atoms with Crippen molar-refractivity contribution in [3.8, 4) is 5.75 Å². The number of thioether (sulfide) groups is 1. The number of hydrogen-bond acceptors (Lipinski definition) is 5. The third-order valence-electron chi connectivity index (χ3n) is 6.07. The molecule has 0 saturated carbocycles. The maximum Gasteiger partial charge on any atom is 0.335 e. The van der Waals surface area contributed by atoms with Crippen LogP contribution in [0, 0.1) is 0 Å². The summed E-state index contributed by atoms with van der Waals surface area (Å²) in [4.78, 5) is 31.7. The lowest BCUT2D eigenvalue weighted by Crippen LogP contribution is -2.28. The highest BCUT2D eigenvalue weighted by Gasteiger charge is 2.33. The van der Waals surface area contributed by atoms with Gasteiger partial charge in [-0.05, 0) is 64.4 Å². The lowest BCUT2D eigenvalue weighted by Gasteiger charge is -2.15. The summed E-state index contributed by atoms with van der Waals surface area (Å²) >= 11 is 1.38. The molecule has 1 aliphatic heterocycles. The smallest absolute Gasteiger partial charge is 0.335 e. The summed E-state index contributed by atoms with van der Waals surface area (Å²) < 4.78 is 5.83. The average molecular weight is 535 g/mol. The topological polar surface area (TPSA) is 79.2 Å². The minimum absolute atomic E-state index is 0.0747. The quantitative estimate of drug-likeness (QED) is 0.244. The third kappa shape index (κ3) is 6.83. The molecule has 4 aromatic rings. The van der Waals surface area contributed by atoms with E-state index >= 15 is 0 Å². The molecular weight excluding hydrogens is 508 g/mol. The van der Waals surface area contributed by atoms with Crippen LogP contribution in [0.2, 0.25) is 0 Å². The standard InChI is InChI=1S/C32H26N2O4S/c35-30-29(19-23-14-16-28(17-15-23)38-22-26-12-7-13-27(18-26)31(36)37)39-32(33-20-24-8-3-1-4-9-24)34(30)21-25-10-5-2-6-11-25/h1-19H,20-22H2,(H,36,37)/b29-19-,33-32?. The number of amides is 1. The Hall–Kier alpha value is -4.62. The number of carbonyl (C=O) groups excluding carboxylic acids is 1. The van der Waals surface area contributed by atoms with E-state index in [2.05, 4.69) is 0 Å². The molecule has 0 radical (unpaired) electrons. The highest BCUT2D eigenvalue weighted by molar-refractivity contribution is 8.18. The van der Waals surface area contributed by atoms with E-state index in [1.54, 1.807) is 23.1 Å². The van der Waals surface area contributed by atoms with E-state index in [0.717, 1.165) is 22.3 Å². The maximum absolute atomic E-state index is 13.4. The molecule has 1 amide bonds. The largest absolute Gasteiger partial charge is 0.489 e. The van der Waals surface area contributed by atoms with E-state index in [9.17, 15) is 9.59 Å². The van der Waals surface area contributed by atoms with Gasteiger partial charge in [-0.2, -0.15) is 0 Å². The zero-order chi connectivity index (χ0) is 27.0. The van der Waals surface area contributed by atoms with Crippen LogP contribution in [-0.4, -0.2) is 27.1 Å². The third-order valence-corrected chi connectivity index (χ3v) is 7.11. The zero-order valence-electron chi connectivity index (χ0n) is 21.1. The van der Waals surface area contributed by atoms with Crippen LogP contribution in [0.25, 0.3) is 6.08 Å². The van der Waals surface area contributed by atoms with Crippen LogP contribution in [0.5, 0.6) is 5.75 Å². The van der Waals surface area contributed by atoms with Crippen molar-refractivity contribution in [3.63, 3.8) is 0 Å². The fourth-order valence-corrected chi connectivity index (χ4v) is 5.02. The zero-order valence-corrected chi connectivity index (χ0v) is 21.9. The Kier molecular flexibility index (Phi) is 8.19. The van der Waals surface area contributed by atoms with E-state index in [0.29, 0.717) is 28.9 Å². The highest BCUT2D eigenvalue weighted by atomic mass is 32.2. The summed E-state index contributed by atoms with van der Waals surface area (Å²) in [6.45, 7) is 1.20. The van der Waals surface area contributed by atoms with Gasteiger partial charge in [0.05, 0.1) is 23.6 Å². The molecule has 0 aromatic heterocycles. The van der Waals surface area contributed by atoms with Crippen LogP contribution < -0.4 is 4.74 Å². The summed E-state index contributed by atoms with van der Waals surface area (Å²) in [5.41, 5.74) is 3.99. The molecule has 1 heterocycles. The molecule has 4 aromatic carbocycles. The molecule has 0 bridgehead atoms. The number of aliphatic imine (C=N–C) groups is 1. The first kappa shape index (κ1) is 26.0. The first-order valence-corrected chi connectivity index (χ1v) is 13.3. The van der Waals surface area contributed by atoms with Crippen LogP contribution in [0.3, 0.4) is 0 Å². The number of carboxylic acid groups (broad SMARTS) is 1. The molecule has 7 heteroatoms. The molecule has 39 heavy (non-hydrogen) atoms. The minimum Gasteiger partial charge on any atom is -0.489 e. The van der Waals surface area contributed by atoms with Gasteiger partial charge >= 0.3 is 5.97 Å². The van der Waals surface area contributed by atoms with Crippen molar-refractivity contribution in [2.24, 2.45) is 4.99 Å². The van der Waals surface area contributed by atoms with E-state index in [1.165, 1.54) is 11.8 Å². The lowest BCUT2D eigenvalue weighted by atomic mass is 10.1. The van der Waals surface area contributed by atoms with Crippen LogP contribution in [-0.2, 0) is 24.5 Å². The molecule has 194 valence electrons. The molecule has 0 atom stereocenters. The van der Waals surface area contributed by atoms with E-state index in [-0.39, 0.29) is 18.1 Å². The Morgan fingerprint density at radius 3 is 2.21 bits per heavy atom. The summed E-state index contributed by atoms with van der Waals surface area (Å²) in [7, 11) is 0. The second-order valence-electron chi connectivity index (χ2n) is 8.94. The molecular formula is C32H26N2O4S. The second-order valence-corrected chi connectivity index (χ2v) is 9.94. The summed E-state index contributed by atoms with van der Waals surface area (Å²) in [5.74, 6) is -0.391. The van der Waals surface area contributed by atoms with Gasteiger partial charge < -0.3 is 9.84 Å². The Balaban J connectivity index is 1.30. The number of aromatic carboxylic acids is 1. The van der Waals surface area contributed by atoms with Gasteiger partial charge in [-0.15, -0.1) is 0 Å². The predicted octanol–water partition coefficient (Wildman–Crippen LogP) is 6.64. The van der Waals surface area contributed by atoms with Crippen molar-refractivity contribution in [3.05, 3.63) is 142 Å². The number of ether oxygens (including phenoxy) is 1. The van der Waals surface area contributed by atoms with E-state index in [4.69, 9.17) is 14.8 Å². The van der Waals surface area contributed by atoms with Crippen molar-refractivity contribution in [2.45, 2.75) is 19.7 Å². The van der Waals surface area contributed by atoms with Gasteiger partial charge in [0.2, 0.25) is 0 Å². The molecule has 1 aliphatic rings. The first-order chi connectivity index (χ1) is 19.0. The molecule has 5 rings (SSSR count). The second kappa shape index (κ2) is 12.3. The molecule has 1 N–H and O–H groups in total. The van der Waals surface area contributed by atoms with Gasteiger partial charge in [0.25, 0.3) is 5.91 Å². The Bertz CT molecular complexity index is 1520. The van der Waals surface area contributed by atoms with Gasteiger partial charge in [-0.3, -0.25) is 14.7 Å². The van der Waals surface area contributed by atoms with Crippen molar-refractivity contribution >= 4 is 34.9 Å². The minimum atomic E-state index is -0.968. The fourth-order valence-electron chi connectivity index (χ4n) is 4.05. The molecule has 0 unspecified atom stereocenters. The summed E-state index contributed by atoms with van der Waals surface area (Å²) in [5, 5.41) is 9.85. The van der Waals surface area contributed by atoms with Gasteiger partial charge in [0.1, 0.15) is 12.4 Å². The SMILES string of the molecule is O=C(O)c1cccc(COc2ccc(/C=C3\SC(=NCc4ccccc4)N(Cc4ccccc4)C3=O)cc2)c1. The number of carboxylic acids is 1. The molecule has 1 saturated heterocycles. The molecule has 0 spiro atoms. The number of carbonyl (C=O) groups is 2. The van der Waals surface area contributed by atoms with Crippen LogP contribution in [0.1, 0.15) is 32.6 Å². The van der Waals surface area contributed by atoms with Crippen molar-refractivity contribution < 1.29 is 19.4 Å². The molecule has 6 nitrogen and oxygen atoms in total. The Morgan fingerprint density at radius 1 is 0.846 bits per heavy atom. The number of nitrogens with zero attached hydrogens (tertiary/aromatic N) is 2. The fraction of sp³-hybridized carbons (Fsp3) is 0.0938. The Morgan fingerprint density at radius 2 is 1.51 bits per heavy atom. The molecule has 1 fully saturated rings. The van der Waals surface area contributed by atoms with Crippen molar-refractivity contribution in [1.82, 2.24) is 4.90 Å². The summed E-state index contributed by atoms with van der Waals surface area (Å²) in [6.07, 6.45) is 1.87. The normalized spacial score (nSPS) is 15.2. The van der Waals surface area contributed by atoms with Gasteiger partial charge in [0.15, 0.2) is 5.17 Å². The summed E-state index contributed by atoms with van der Waals surface area (Å²) in [6, 6.07) is 34.0. The van der Waals surface area contributed by atoms with Crippen molar-refractivity contribution in [2.75, 3.05) is 0 Å². The monoisotopic (exact) mass is 534 g/mol. The van der Waals surface area contributed by atoms with Crippen molar-refractivity contribution in [1.29, 1.82) is 0 Å². The Labute approximate surface area is 231 Å². The highest BCUT2D eigenvalue weighted by Crippen LogP contribution is 2.34. The lowest BCUT2D eigenvalue weighted by molar-refractivity contribution is -0.122. The number of benzene rings is 4. The van der Waals surface area contributed by atoms with Gasteiger partial charge in [-0.25, -0.2) is 4.79 Å². The first-order valence-electron chi connectivity index (χ1n) is 12.4. The number of hydrogen-bond donors (Lipinski definition) is 1. The van der Waals surface area contributed by atoms with Crippen LogP contribution in [0.15, 0.2) is 119 Å². The maximum atomic E-state index is 13.4. The van der Waals surface area contributed by atoms with Gasteiger partial charge in [0, 0.05) is 0 Å². The van der Waals surface area contributed by atoms with Crippen LogP contribution >= 0.6 is 11.8 Å². The number of rotatable bonds is 9. The average Bonchev–Trinajstić information content (AvgIpc) is 3.26.